The predicted octanol–water partition coefficient (Wildman–Crippen LogP) is 3.61. The number of hydrogen-bond donors (Lipinski definition) is 0. The molecule has 180 valence electrons. The third-order valence-corrected chi connectivity index (χ3v) is 6.95. The Hall–Kier alpha value is -1.36. The molecular formula is C21H36F3N3O3S. The molecule has 0 amide bonds. The van der Waals surface area contributed by atoms with Crippen LogP contribution in [0.1, 0.15) is 38.8 Å². The summed E-state index contributed by atoms with van der Waals surface area (Å²) in [6.45, 7) is 9.59. The van der Waals surface area contributed by atoms with E-state index in [1.54, 1.807) is 50.2 Å². The average molecular weight is 468 g/mol. The number of rotatable bonds is 14. The molecule has 1 unspecified atom stereocenters. The van der Waals surface area contributed by atoms with Crippen molar-refractivity contribution in [1.82, 2.24) is 14.1 Å². The smallest absolute Gasteiger partial charge is 0.404 e. The van der Waals surface area contributed by atoms with E-state index in [0.717, 1.165) is 30.4 Å². The van der Waals surface area contributed by atoms with Crippen LogP contribution in [0.25, 0.3) is 0 Å². The monoisotopic (exact) mass is 467 g/mol. The van der Waals surface area contributed by atoms with Crippen LogP contribution in [-0.2, 0) is 10.0 Å². The molecule has 10 heteroatoms. The first-order valence-corrected chi connectivity index (χ1v) is 12.2. The predicted molar refractivity (Wildman–Crippen MR) is 118 cm³/mol. The van der Waals surface area contributed by atoms with Gasteiger partial charge >= 0.3 is 6.18 Å². The zero-order valence-electron chi connectivity index (χ0n) is 19.2. The molecule has 0 radical (unpaired) electrons. The van der Waals surface area contributed by atoms with Gasteiger partial charge in [-0.15, -0.1) is 0 Å². The first kappa shape index (κ1) is 27.7. The summed E-state index contributed by atoms with van der Waals surface area (Å²) in [6, 6.07) is 6.13. The Morgan fingerprint density at radius 2 is 1.58 bits per heavy atom. The summed E-state index contributed by atoms with van der Waals surface area (Å²) < 4.78 is 70.1. The van der Waals surface area contributed by atoms with Gasteiger partial charge < -0.3 is 14.5 Å². The molecule has 6 nitrogen and oxygen atoms in total. The Morgan fingerprint density at radius 3 is 2.06 bits per heavy atom. The van der Waals surface area contributed by atoms with E-state index in [0.29, 0.717) is 24.5 Å². The third-order valence-electron chi connectivity index (χ3n) is 5.05. The van der Waals surface area contributed by atoms with Crippen molar-refractivity contribution >= 4 is 10.0 Å². The second kappa shape index (κ2) is 12.6. The molecule has 0 saturated carbocycles. The van der Waals surface area contributed by atoms with Gasteiger partial charge in [0.15, 0.2) is 5.75 Å². The minimum atomic E-state index is -4.79. The van der Waals surface area contributed by atoms with Crippen molar-refractivity contribution in [3.05, 3.63) is 29.8 Å². The molecular weight excluding hydrogens is 431 g/mol. The minimum Gasteiger partial charge on any atom is -0.494 e. The largest absolute Gasteiger partial charge is 0.494 e. The van der Waals surface area contributed by atoms with Crippen LogP contribution in [0, 0.1) is 0 Å². The van der Waals surface area contributed by atoms with Gasteiger partial charge in [0.25, 0.3) is 0 Å². The summed E-state index contributed by atoms with van der Waals surface area (Å²) in [5, 5.41) is 0. The van der Waals surface area contributed by atoms with E-state index in [1.807, 2.05) is 0 Å². The molecule has 0 fully saturated rings. The van der Waals surface area contributed by atoms with Crippen LogP contribution in [-0.4, -0.2) is 87.9 Å². The zero-order chi connectivity index (χ0) is 23.7. The van der Waals surface area contributed by atoms with Crippen LogP contribution in [0.5, 0.6) is 5.75 Å². The standard InChI is InChI=1S/C21H36F3N3O3S/c1-6-26(7-2)13-8-16-30-20-11-9-19(10-12-20)18(3)27(15-14-25(4)5)31(28,29)17-21(22,23)24/h9-12,18H,6-8,13-17H2,1-5H3. The molecule has 0 aliphatic carbocycles. The SMILES string of the molecule is CCN(CC)CCCOc1ccc(C(C)N(CCN(C)C)S(=O)(=O)CC(F)(F)F)cc1. The van der Waals surface area contributed by atoms with Gasteiger partial charge in [0, 0.05) is 25.7 Å². The van der Waals surface area contributed by atoms with Crippen LogP contribution < -0.4 is 4.74 Å². The fraction of sp³-hybridized carbons (Fsp3) is 0.714. The lowest BCUT2D eigenvalue weighted by Crippen LogP contribution is -2.42. The molecule has 0 bridgehead atoms. The van der Waals surface area contributed by atoms with Gasteiger partial charge in [0.2, 0.25) is 10.0 Å². The molecule has 1 rings (SSSR count). The van der Waals surface area contributed by atoms with Crippen LogP contribution in [0.15, 0.2) is 24.3 Å². The number of ether oxygens (including phenoxy) is 1. The van der Waals surface area contributed by atoms with Gasteiger partial charge in [-0.1, -0.05) is 26.0 Å². The summed E-state index contributed by atoms with van der Waals surface area (Å²) in [7, 11) is -1.04. The Morgan fingerprint density at radius 1 is 1.00 bits per heavy atom. The fourth-order valence-corrected chi connectivity index (χ4v) is 4.73. The Labute approximate surface area is 185 Å². The van der Waals surface area contributed by atoms with E-state index in [2.05, 4.69) is 18.7 Å². The Balaban J connectivity index is 2.84. The number of nitrogens with zero attached hydrogens (tertiary/aromatic N) is 3. The van der Waals surface area contributed by atoms with Gasteiger partial charge in [-0.2, -0.15) is 17.5 Å². The quantitative estimate of drug-likeness (QED) is 0.391. The second-order valence-electron chi connectivity index (χ2n) is 7.76. The zero-order valence-corrected chi connectivity index (χ0v) is 20.0. The second-order valence-corrected chi connectivity index (χ2v) is 9.68. The molecule has 0 aliphatic heterocycles. The van der Waals surface area contributed by atoms with Gasteiger partial charge in [-0.05, 0) is 58.2 Å². The van der Waals surface area contributed by atoms with Crippen molar-refractivity contribution in [3.8, 4) is 5.75 Å². The van der Waals surface area contributed by atoms with E-state index < -0.39 is 28.0 Å². The van der Waals surface area contributed by atoms with Crippen molar-refractivity contribution in [1.29, 1.82) is 0 Å². The van der Waals surface area contributed by atoms with Crippen molar-refractivity contribution in [2.24, 2.45) is 0 Å². The number of likely N-dealkylation sites (N-methyl/N-ethyl adjacent to an activating group) is 1. The lowest BCUT2D eigenvalue weighted by atomic mass is 10.1. The molecule has 0 aromatic heterocycles. The molecule has 0 N–H and O–H groups in total. The number of hydrogen-bond acceptors (Lipinski definition) is 5. The number of benzene rings is 1. The summed E-state index contributed by atoms with van der Waals surface area (Å²) >= 11 is 0. The third kappa shape index (κ3) is 10.2. The van der Waals surface area contributed by atoms with Crippen LogP contribution in [0.3, 0.4) is 0 Å². The van der Waals surface area contributed by atoms with E-state index >= 15 is 0 Å². The van der Waals surface area contributed by atoms with Gasteiger partial charge in [0.05, 0.1) is 6.61 Å². The Kier molecular flexibility index (Phi) is 11.3. The fourth-order valence-electron chi connectivity index (χ4n) is 3.19. The molecule has 1 aromatic carbocycles. The maximum atomic E-state index is 12.8. The van der Waals surface area contributed by atoms with E-state index in [4.69, 9.17) is 4.74 Å². The molecule has 31 heavy (non-hydrogen) atoms. The van der Waals surface area contributed by atoms with Crippen molar-refractivity contribution in [2.45, 2.75) is 39.4 Å². The molecule has 1 aromatic rings. The molecule has 0 aliphatic rings. The number of alkyl halides is 3. The van der Waals surface area contributed by atoms with E-state index in [1.165, 1.54) is 0 Å². The van der Waals surface area contributed by atoms with Crippen molar-refractivity contribution in [2.75, 3.05) is 59.2 Å². The van der Waals surface area contributed by atoms with Crippen LogP contribution in [0.2, 0.25) is 0 Å². The number of halogens is 3. The highest BCUT2D eigenvalue weighted by atomic mass is 32.2. The lowest BCUT2D eigenvalue weighted by molar-refractivity contribution is -0.107. The van der Waals surface area contributed by atoms with Crippen LogP contribution in [0.4, 0.5) is 13.2 Å². The topological polar surface area (TPSA) is 53.1 Å². The molecule has 1 atom stereocenters. The van der Waals surface area contributed by atoms with E-state index in [9.17, 15) is 21.6 Å². The summed E-state index contributed by atoms with van der Waals surface area (Å²) in [4.78, 5) is 4.04. The summed E-state index contributed by atoms with van der Waals surface area (Å²) in [5.74, 6) is -1.22. The molecule has 0 saturated heterocycles. The number of sulfonamides is 1. The highest BCUT2D eigenvalue weighted by Gasteiger charge is 2.40. The van der Waals surface area contributed by atoms with E-state index in [-0.39, 0.29) is 6.54 Å². The average Bonchev–Trinajstić information content (AvgIpc) is 2.66. The summed E-state index contributed by atoms with van der Waals surface area (Å²) in [5.41, 5.74) is 0.611. The van der Waals surface area contributed by atoms with Gasteiger partial charge in [0.1, 0.15) is 5.75 Å². The normalized spacial score (nSPS) is 13.9. The van der Waals surface area contributed by atoms with Gasteiger partial charge in [-0.3, -0.25) is 0 Å². The highest BCUT2D eigenvalue weighted by Crippen LogP contribution is 2.28. The maximum absolute atomic E-state index is 12.8. The first-order chi connectivity index (χ1) is 14.4. The van der Waals surface area contributed by atoms with Crippen molar-refractivity contribution < 1.29 is 26.3 Å². The minimum absolute atomic E-state index is 0.0316. The lowest BCUT2D eigenvalue weighted by Gasteiger charge is -2.30. The summed E-state index contributed by atoms with van der Waals surface area (Å²) in [6.07, 6.45) is -3.91. The first-order valence-electron chi connectivity index (χ1n) is 10.6. The van der Waals surface area contributed by atoms with Crippen LogP contribution >= 0.6 is 0 Å². The maximum Gasteiger partial charge on any atom is 0.404 e. The molecule has 0 heterocycles. The highest BCUT2D eigenvalue weighted by molar-refractivity contribution is 7.89. The Bertz CT molecular complexity index is 736. The van der Waals surface area contributed by atoms with Crippen molar-refractivity contribution in [3.63, 3.8) is 0 Å². The molecule has 0 spiro atoms. The van der Waals surface area contributed by atoms with Gasteiger partial charge in [-0.25, -0.2) is 8.42 Å².